The van der Waals surface area contributed by atoms with Crippen LogP contribution in [-0.4, -0.2) is 62.3 Å². The van der Waals surface area contributed by atoms with Crippen LogP contribution in [0.4, 0.5) is 11.4 Å². The molecular formula is C128H80N11O3S+. The Hall–Kier alpha value is -18.8. The van der Waals surface area contributed by atoms with E-state index in [0.29, 0.717) is 39.1 Å². The summed E-state index contributed by atoms with van der Waals surface area (Å²) in [5, 5.41) is 18.2. The Morgan fingerprint density at radius 3 is 0.958 bits per heavy atom. The quantitative estimate of drug-likeness (QED) is 0.123. The molecule has 0 fully saturated rings. The van der Waals surface area contributed by atoms with Gasteiger partial charge in [0, 0.05) is 142 Å². The van der Waals surface area contributed by atoms with Gasteiger partial charge in [-0.15, -0.1) is 11.3 Å². The fraction of sp³-hybridized carbons (Fsp3) is 0.0156. The zero-order chi connectivity index (χ0) is 94.2. The van der Waals surface area contributed by atoms with E-state index in [9.17, 15) is 0 Å². The number of rotatable bonds is 10. The van der Waals surface area contributed by atoms with Gasteiger partial charge in [-0.2, -0.15) is 15.0 Å². The minimum absolute atomic E-state index is 0.575. The Morgan fingerprint density at radius 2 is 0.524 bits per heavy atom. The SMILES string of the molecule is C[N+]1(C)c2ccccc2-c2cc3c4ccccc4n(-c4ccccc4-c4nc(-c5ccccc5)nc5oc6ccccc6c45)c3cc21.c1ccc(-c2nc(-c3ccccc3-n3c4ccccc4c4cc5c(cc43)sc3ccccc35)c3c(n2)oc2ccccc23)cc1.c1ccc(-c2nc(-c3ccccc3-n3c4ccccc4c4cc5c6ccccc6n(-c6ccccc6)c5cc43)c3c(n2)oc2ccccc23)cc1. The maximum Gasteiger partial charge on any atom is 0.231 e. The summed E-state index contributed by atoms with van der Waals surface area (Å²) in [5.74, 6) is 1.91. The second-order valence-electron chi connectivity index (χ2n) is 37.1. The lowest BCUT2D eigenvalue weighted by atomic mass is 10.0. The topological polar surface area (TPSA) is 136 Å². The minimum Gasteiger partial charge on any atom is -0.438 e. The average molecular weight is 1850 g/mol. The van der Waals surface area contributed by atoms with Crippen LogP contribution in [-0.2, 0) is 0 Å². The van der Waals surface area contributed by atoms with Gasteiger partial charge in [-0.1, -0.05) is 322 Å². The number of hydrogen-bond donors (Lipinski definition) is 0. The number of hydrogen-bond acceptors (Lipinski definition) is 10. The molecule has 14 nitrogen and oxygen atoms in total. The number of thiophene rings is 1. The minimum atomic E-state index is 0.575. The van der Waals surface area contributed by atoms with E-state index in [1.54, 1.807) is 0 Å². The zero-order valence-electron chi connectivity index (χ0n) is 77.3. The summed E-state index contributed by atoms with van der Waals surface area (Å²) in [5.41, 5.74) is 31.3. The van der Waals surface area contributed by atoms with Crippen molar-refractivity contribution in [3.63, 3.8) is 0 Å². The molecule has 11 aromatic heterocycles. The van der Waals surface area contributed by atoms with Crippen LogP contribution in [0.5, 0.6) is 0 Å². The summed E-state index contributed by atoms with van der Waals surface area (Å²) in [6, 6.07) is 158. The summed E-state index contributed by atoms with van der Waals surface area (Å²) in [6.07, 6.45) is 0. The van der Waals surface area contributed by atoms with E-state index in [2.05, 4.69) is 336 Å². The van der Waals surface area contributed by atoms with Crippen molar-refractivity contribution in [1.82, 2.24) is 52.7 Å². The van der Waals surface area contributed by atoms with E-state index >= 15 is 0 Å². The normalized spacial score (nSPS) is 12.5. The van der Waals surface area contributed by atoms with Crippen molar-refractivity contribution < 1.29 is 13.3 Å². The smallest absolute Gasteiger partial charge is 0.231 e. The summed E-state index contributed by atoms with van der Waals surface area (Å²) >= 11 is 1.85. The number of quaternary nitrogens is 1. The van der Waals surface area contributed by atoms with Gasteiger partial charge in [0.1, 0.15) is 28.1 Å². The van der Waals surface area contributed by atoms with E-state index in [0.717, 1.165) is 150 Å². The first kappa shape index (κ1) is 81.4. The Bertz CT molecular complexity index is 10500. The maximum atomic E-state index is 6.42. The molecular weight excluding hydrogens is 1770 g/mol. The summed E-state index contributed by atoms with van der Waals surface area (Å²) in [4.78, 5) is 30.8. The highest BCUT2D eigenvalue weighted by Gasteiger charge is 2.39. The highest BCUT2D eigenvalue weighted by atomic mass is 32.1. The van der Waals surface area contributed by atoms with Gasteiger partial charge in [-0.05, 0) is 115 Å². The number of furan rings is 3. The van der Waals surface area contributed by atoms with Crippen LogP contribution in [0, 0.1) is 0 Å². The van der Waals surface area contributed by atoms with Crippen LogP contribution in [0.3, 0.4) is 0 Å². The maximum absolute atomic E-state index is 6.42. The molecule has 0 unspecified atom stereocenters. The third-order valence-electron chi connectivity index (χ3n) is 28.9. The average Bonchev–Trinajstić information content (AvgIpc) is 1.58. The van der Waals surface area contributed by atoms with E-state index in [-0.39, 0.29) is 0 Å². The summed E-state index contributed by atoms with van der Waals surface area (Å²) in [7, 11) is 4.56. The van der Waals surface area contributed by atoms with Gasteiger partial charge in [0.2, 0.25) is 17.1 Å². The highest BCUT2D eigenvalue weighted by molar-refractivity contribution is 7.25. The monoisotopic (exact) mass is 1850 g/mol. The second kappa shape index (κ2) is 32.2. The van der Waals surface area contributed by atoms with Crippen molar-refractivity contribution in [2.24, 2.45) is 0 Å². The summed E-state index contributed by atoms with van der Waals surface area (Å²) in [6.45, 7) is 0. The molecule has 0 spiro atoms. The standard InChI is InChI=1S/C46H28N4O.C42H29N4O.C40H23N3OS/c1-3-15-29(16-4-1)45-47-44(43-34-22-10-14-26-42(34)51-46(43)48-45)33-21-9-13-25-39(33)50-38-24-12-8-20-32(38)36-27-35-31-19-7-11-23-37(31)49(40(35)28-41(36)50)30-17-5-2-6-18-30;1-46(2)36-22-12-8-17-28(36)32-24-31-27-16-6-10-20-33(27)45(35(31)25-37(32)46)34-21-11-7-18-29(34)40-39-30-19-9-13-23-38(30)47-42(39)44-41(43-40)26-14-4-3-5-15-26;1-2-12-24(13-3-1)39-41-38(37-28-17-6-10-20-34(28)44-40(37)42-39)27-16-5-9-19-32(27)43-31-18-8-4-14-25(31)29-22-30-26-15-7-11-21-35(26)45-36(30)23-33(29)43/h1-28H;3-25H,1-2H3;1-23H/q;+1;. The molecule has 31 rings (SSSR count). The van der Waals surface area contributed by atoms with Crippen molar-refractivity contribution in [1.29, 1.82) is 0 Å². The Balaban J connectivity index is 0.000000102. The second-order valence-corrected chi connectivity index (χ2v) is 38.2. The molecule has 670 valence electrons. The first-order valence-electron chi connectivity index (χ1n) is 48.1. The van der Waals surface area contributed by atoms with Crippen LogP contribution in [0.25, 0.3) is 275 Å². The molecule has 143 heavy (non-hydrogen) atoms. The molecule has 0 radical (unpaired) electrons. The van der Waals surface area contributed by atoms with Crippen molar-refractivity contribution >= 4 is 196 Å². The number of fused-ring (bicyclic) bond motifs is 27. The number of aromatic nitrogens is 10. The van der Waals surface area contributed by atoms with Gasteiger partial charge < -0.3 is 31.5 Å². The summed E-state index contributed by atoms with van der Waals surface area (Å²) < 4.78 is 32.1. The fourth-order valence-electron chi connectivity index (χ4n) is 22.5. The molecule has 0 atom stereocenters. The van der Waals surface area contributed by atoms with Gasteiger partial charge in [-0.3, -0.25) is 4.48 Å². The molecule has 0 bridgehead atoms. The van der Waals surface area contributed by atoms with E-state index in [1.165, 1.54) is 102 Å². The molecule has 1 aliphatic heterocycles. The van der Waals surface area contributed by atoms with Crippen molar-refractivity contribution in [2.45, 2.75) is 0 Å². The van der Waals surface area contributed by atoms with E-state index in [1.807, 2.05) is 157 Å². The Kier molecular flexibility index (Phi) is 18.3. The van der Waals surface area contributed by atoms with Gasteiger partial charge >= 0.3 is 0 Å². The van der Waals surface area contributed by atoms with Crippen molar-refractivity contribution in [3.8, 4) is 102 Å². The molecule has 12 heterocycles. The lowest BCUT2D eigenvalue weighted by molar-refractivity contribution is 0.569. The van der Waals surface area contributed by atoms with E-state index < -0.39 is 0 Å². The first-order valence-corrected chi connectivity index (χ1v) is 48.9. The Morgan fingerprint density at radius 1 is 0.210 bits per heavy atom. The molecule has 0 saturated carbocycles. The first-order chi connectivity index (χ1) is 70.7. The van der Waals surface area contributed by atoms with E-state index in [4.69, 9.17) is 43.2 Å². The van der Waals surface area contributed by atoms with Gasteiger partial charge in [0.05, 0.1) is 109 Å². The van der Waals surface area contributed by atoms with Crippen LogP contribution in [0.2, 0.25) is 0 Å². The largest absolute Gasteiger partial charge is 0.438 e. The third kappa shape index (κ3) is 12.7. The van der Waals surface area contributed by atoms with Gasteiger partial charge in [0.25, 0.3) is 0 Å². The third-order valence-corrected chi connectivity index (χ3v) is 30.0. The molecule has 30 aromatic rings. The van der Waals surface area contributed by atoms with Crippen LogP contribution in [0.15, 0.2) is 462 Å². The van der Waals surface area contributed by atoms with Crippen LogP contribution >= 0.6 is 11.3 Å². The van der Waals surface area contributed by atoms with Gasteiger partial charge in [-0.25, -0.2) is 15.0 Å². The highest BCUT2D eigenvalue weighted by Crippen LogP contribution is 2.55. The molecule has 0 saturated heterocycles. The Labute approximate surface area is 821 Å². The number of benzene rings is 19. The zero-order valence-corrected chi connectivity index (χ0v) is 78.1. The lowest BCUT2D eigenvalue weighted by Crippen LogP contribution is -2.31. The molecule has 15 heteroatoms. The molecule has 19 aromatic carbocycles. The van der Waals surface area contributed by atoms with Crippen LogP contribution in [0.1, 0.15) is 0 Å². The van der Waals surface area contributed by atoms with Crippen molar-refractivity contribution in [2.75, 3.05) is 14.1 Å². The number of nitrogens with zero attached hydrogens (tertiary/aromatic N) is 11. The lowest BCUT2D eigenvalue weighted by Gasteiger charge is -2.25. The van der Waals surface area contributed by atoms with Gasteiger partial charge in [0.15, 0.2) is 17.5 Å². The fourth-order valence-corrected chi connectivity index (χ4v) is 23.6. The predicted molar refractivity (Wildman–Crippen MR) is 590 cm³/mol. The molecule has 0 aliphatic carbocycles. The van der Waals surface area contributed by atoms with Crippen LogP contribution < -0.4 is 4.48 Å². The number of para-hydroxylation sites is 12. The molecule has 0 amide bonds. The molecule has 0 N–H and O–H groups in total. The molecule has 1 aliphatic rings. The predicted octanol–water partition coefficient (Wildman–Crippen LogP) is 33.8. The van der Waals surface area contributed by atoms with Crippen molar-refractivity contribution in [3.05, 3.63) is 449 Å².